The van der Waals surface area contributed by atoms with Crippen molar-refractivity contribution >= 4 is 11.6 Å². The number of aryl methyl sites for hydroxylation is 1. The smallest absolute Gasteiger partial charge is 0.225 e. The molecule has 5 heteroatoms. The van der Waals surface area contributed by atoms with Crippen LogP contribution in [0.3, 0.4) is 0 Å². The number of aromatic nitrogens is 2. The highest BCUT2D eigenvalue weighted by Gasteiger charge is 2.13. The van der Waals surface area contributed by atoms with Crippen LogP contribution in [0.4, 0.5) is 0 Å². The number of halogens is 1. The molecule has 1 rings (SSSR count). The molecule has 1 heterocycles. The Bertz CT molecular complexity index is 374. The van der Waals surface area contributed by atoms with Gasteiger partial charge in [0, 0.05) is 30.4 Å². The Balaban J connectivity index is 2.52. The molecular weight excluding hydrogens is 250 g/mol. The minimum Gasteiger partial charge on any atom is -0.476 e. The molecule has 0 spiro atoms. The van der Waals surface area contributed by atoms with Crippen molar-refractivity contribution < 1.29 is 4.74 Å². The Morgan fingerprint density at radius 3 is 2.44 bits per heavy atom. The zero-order valence-corrected chi connectivity index (χ0v) is 12.5. The van der Waals surface area contributed by atoms with Crippen molar-refractivity contribution in [3.8, 4) is 5.88 Å². The second-order valence-electron chi connectivity index (χ2n) is 4.90. The Labute approximate surface area is 114 Å². The normalized spacial score (nSPS) is 11.6. The van der Waals surface area contributed by atoms with E-state index in [1.165, 1.54) is 0 Å². The van der Waals surface area contributed by atoms with Crippen molar-refractivity contribution in [3.05, 3.63) is 17.0 Å². The summed E-state index contributed by atoms with van der Waals surface area (Å²) < 4.78 is 5.67. The first-order valence-corrected chi connectivity index (χ1v) is 6.67. The highest BCUT2D eigenvalue weighted by atomic mass is 35.5. The molecule has 0 bridgehead atoms. The zero-order chi connectivity index (χ0) is 13.7. The molecule has 0 saturated heterocycles. The summed E-state index contributed by atoms with van der Waals surface area (Å²) in [6.45, 7) is 12.1. The third kappa shape index (κ3) is 4.42. The van der Waals surface area contributed by atoms with Crippen LogP contribution >= 0.6 is 11.6 Å². The van der Waals surface area contributed by atoms with Crippen LogP contribution in [0.1, 0.15) is 33.3 Å². The van der Waals surface area contributed by atoms with E-state index in [2.05, 4.69) is 42.6 Å². The van der Waals surface area contributed by atoms with E-state index in [-0.39, 0.29) is 5.28 Å². The van der Waals surface area contributed by atoms with Gasteiger partial charge in [0.25, 0.3) is 0 Å². The molecule has 0 aliphatic heterocycles. The zero-order valence-electron chi connectivity index (χ0n) is 11.8. The second kappa shape index (κ2) is 6.90. The van der Waals surface area contributed by atoms with Crippen molar-refractivity contribution in [2.45, 2.75) is 46.7 Å². The Hall–Kier alpha value is -0.870. The lowest BCUT2D eigenvalue weighted by Gasteiger charge is -2.30. The van der Waals surface area contributed by atoms with Crippen LogP contribution in [0.2, 0.25) is 5.28 Å². The Kier molecular flexibility index (Phi) is 5.82. The molecule has 1 aromatic rings. The molecule has 0 aliphatic carbocycles. The number of hydrogen-bond acceptors (Lipinski definition) is 4. The van der Waals surface area contributed by atoms with Gasteiger partial charge in [0.15, 0.2) is 0 Å². The van der Waals surface area contributed by atoms with Crippen LogP contribution in [0.15, 0.2) is 6.20 Å². The van der Waals surface area contributed by atoms with Gasteiger partial charge in [-0.25, -0.2) is 4.98 Å². The van der Waals surface area contributed by atoms with Crippen molar-refractivity contribution in [2.75, 3.05) is 13.2 Å². The Morgan fingerprint density at radius 2 is 1.89 bits per heavy atom. The summed E-state index contributed by atoms with van der Waals surface area (Å²) >= 11 is 5.75. The van der Waals surface area contributed by atoms with Crippen LogP contribution in [-0.4, -0.2) is 40.1 Å². The molecule has 4 nitrogen and oxygen atoms in total. The maximum atomic E-state index is 5.75. The SMILES string of the molecule is Cc1cnc(Cl)nc1OCCN(C(C)C)C(C)C. The standard InChI is InChI=1S/C13H22ClN3O/c1-9(2)17(10(3)4)6-7-18-12-11(5)8-15-13(14)16-12/h8-10H,6-7H2,1-5H3. The molecule has 0 unspecified atom stereocenters. The van der Waals surface area contributed by atoms with Gasteiger partial charge >= 0.3 is 0 Å². The molecule has 1 aromatic heterocycles. The number of rotatable bonds is 6. The fraction of sp³-hybridized carbons (Fsp3) is 0.692. The van der Waals surface area contributed by atoms with Gasteiger partial charge in [-0.15, -0.1) is 0 Å². The van der Waals surface area contributed by atoms with E-state index in [0.29, 0.717) is 24.6 Å². The molecule has 0 amide bonds. The molecule has 0 N–H and O–H groups in total. The second-order valence-corrected chi connectivity index (χ2v) is 5.24. The molecule has 0 aromatic carbocycles. The lowest BCUT2D eigenvalue weighted by Crippen LogP contribution is -2.39. The lowest BCUT2D eigenvalue weighted by molar-refractivity contribution is 0.139. The molecule has 0 aliphatic rings. The first kappa shape index (κ1) is 15.2. The molecule has 0 atom stereocenters. The Morgan fingerprint density at radius 1 is 1.28 bits per heavy atom. The van der Waals surface area contributed by atoms with Gasteiger partial charge in [-0.05, 0) is 46.2 Å². The lowest BCUT2D eigenvalue weighted by atomic mass is 10.2. The van der Waals surface area contributed by atoms with E-state index in [1.54, 1.807) is 6.20 Å². The summed E-state index contributed by atoms with van der Waals surface area (Å²) in [6, 6.07) is 1.01. The van der Waals surface area contributed by atoms with Gasteiger partial charge in [0.1, 0.15) is 6.61 Å². The summed E-state index contributed by atoms with van der Waals surface area (Å²) in [5.74, 6) is 0.572. The van der Waals surface area contributed by atoms with E-state index in [9.17, 15) is 0 Å². The predicted octanol–water partition coefficient (Wildman–Crippen LogP) is 2.94. The van der Waals surface area contributed by atoms with E-state index in [1.807, 2.05) is 6.92 Å². The monoisotopic (exact) mass is 271 g/mol. The molecule has 0 radical (unpaired) electrons. The van der Waals surface area contributed by atoms with Crippen LogP contribution in [-0.2, 0) is 0 Å². The fourth-order valence-electron chi connectivity index (χ4n) is 1.91. The third-order valence-electron chi connectivity index (χ3n) is 2.81. The number of hydrogen-bond donors (Lipinski definition) is 0. The first-order valence-electron chi connectivity index (χ1n) is 6.29. The van der Waals surface area contributed by atoms with Gasteiger partial charge < -0.3 is 4.74 Å². The fourth-order valence-corrected chi connectivity index (χ4v) is 2.04. The average Bonchev–Trinajstić information content (AvgIpc) is 2.27. The van der Waals surface area contributed by atoms with E-state index in [0.717, 1.165) is 12.1 Å². The summed E-state index contributed by atoms with van der Waals surface area (Å²) in [6.07, 6.45) is 1.67. The van der Waals surface area contributed by atoms with Gasteiger partial charge in [0.2, 0.25) is 11.2 Å². The van der Waals surface area contributed by atoms with Crippen LogP contribution in [0, 0.1) is 6.92 Å². The van der Waals surface area contributed by atoms with Crippen LogP contribution in [0.25, 0.3) is 0 Å². The summed E-state index contributed by atoms with van der Waals surface area (Å²) in [7, 11) is 0. The topological polar surface area (TPSA) is 38.3 Å². The maximum absolute atomic E-state index is 5.75. The molecule has 0 fully saturated rings. The van der Waals surface area contributed by atoms with Crippen molar-refractivity contribution in [1.82, 2.24) is 14.9 Å². The highest BCUT2D eigenvalue weighted by Crippen LogP contribution is 2.15. The van der Waals surface area contributed by atoms with E-state index in [4.69, 9.17) is 16.3 Å². The number of ether oxygens (including phenoxy) is 1. The van der Waals surface area contributed by atoms with Crippen molar-refractivity contribution in [3.63, 3.8) is 0 Å². The van der Waals surface area contributed by atoms with Crippen LogP contribution < -0.4 is 4.74 Å². The van der Waals surface area contributed by atoms with Crippen molar-refractivity contribution in [2.24, 2.45) is 0 Å². The highest BCUT2D eigenvalue weighted by molar-refractivity contribution is 6.28. The van der Waals surface area contributed by atoms with Gasteiger partial charge in [0.05, 0.1) is 0 Å². The average molecular weight is 272 g/mol. The van der Waals surface area contributed by atoms with Gasteiger partial charge in [-0.1, -0.05) is 0 Å². The largest absolute Gasteiger partial charge is 0.476 e. The van der Waals surface area contributed by atoms with Crippen LogP contribution in [0.5, 0.6) is 5.88 Å². The predicted molar refractivity (Wildman–Crippen MR) is 74.3 cm³/mol. The molecular formula is C13H22ClN3O. The molecule has 102 valence electrons. The quantitative estimate of drug-likeness (QED) is 0.746. The van der Waals surface area contributed by atoms with E-state index < -0.39 is 0 Å². The number of nitrogens with zero attached hydrogens (tertiary/aromatic N) is 3. The summed E-state index contributed by atoms with van der Waals surface area (Å²) in [4.78, 5) is 10.3. The molecule has 18 heavy (non-hydrogen) atoms. The van der Waals surface area contributed by atoms with Crippen molar-refractivity contribution in [1.29, 1.82) is 0 Å². The minimum absolute atomic E-state index is 0.222. The summed E-state index contributed by atoms with van der Waals surface area (Å²) in [5.41, 5.74) is 0.903. The first-order chi connectivity index (χ1) is 8.41. The van der Waals surface area contributed by atoms with E-state index >= 15 is 0 Å². The molecule has 0 saturated carbocycles. The van der Waals surface area contributed by atoms with Gasteiger partial charge in [-0.3, -0.25) is 4.90 Å². The van der Waals surface area contributed by atoms with Gasteiger partial charge in [-0.2, -0.15) is 4.98 Å². The third-order valence-corrected chi connectivity index (χ3v) is 2.99. The maximum Gasteiger partial charge on any atom is 0.225 e. The minimum atomic E-state index is 0.222. The summed E-state index contributed by atoms with van der Waals surface area (Å²) in [5, 5.41) is 0.222.